The molecule has 0 aromatic carbocycles. The largest absolute Gasteiger partial charge is 0.369 e. The average molecular weight is 301 g/mol. The van der Waals surface area contributed by atoms with Crippen molar-refractivity contribution >= 4 is 22.8 Å². The molecule has 1 fully saturated rings. The molecule has 0 radical (unpaired) electrons. The lowest BCUT2D eigenvalue weighted by atomic mass is 10.1. The van der Waals surface area contributed by atoms with Crippen LogP contribution in [0.5, 0.6) is 0 Å². The molecule has 1 saturated heterocycles. The standard InChI is InChI=1S/C15H19N5O2/c1-9(2)20-14-11(7-18-20)5-12(6-17-14)15(22)19-4-3-10(8-19)13(16)21/h5-7,9-10H,3-4,8H2,1-2H3,(H2,16,21). The summed E-state index contributed by atoms with van der Waals surface area (Å²) >= 11 is 0. The van der Waals surface area contributed by atoms with E-state index in [-0.39, 0.29) is 23.8 Å². The van der Waals surface area contributed by atoms with E-state index in [4.69, 9.17) is 5.73 Å². The van der Waals surface area contributed by atoms with Gasteiger partial charge < -0.3 is 10.6 Å². The zero-order valence-corrected chi connectivity index (χ0v) is 12.7. The highest BCUT2D eigenvalue weighted by Gasteiger charge is 2.30. The lowest BCUT2D eigenvalue weighted by Crippen LogP contribution is -2.31. The highest BCUT2D eigenvalue weighted by molar-refractivity contribution is 5.97. The predicted molar refractivity (Wildman–Crippen MR) is 81.1 cm³/mol. The minimum atomic E-state index is -0.345. The minimum absolute atomic E-state index is 0.115. The Kier molecular flexibility index (Phi) is 3.56. The number of carbonyl (C=O) groups excluding carboxylic acids is 2. The van der Waals surface area contributed by atoms with Gasteiger partial charge in [-0.15, -0.1) is 0 Å². The SMILES string of the molecule is CC(C)n1ncc2cc(C(=O)N3CCC(C(N)=O)C3)cnc21. The first-order chi connectivity index (χ1) is 10.5. The molecule has 7 heteroatoms. The van der Waals surface area contributed by atoms with E-state index in [0.717, 1.165) is 11.0 Å². The van der Waals surface area contributed by atoms with E-state index in [9.17, 15) is 9.59 Å². The van der Waals surface area contributed by atoms with Crippen molar-refractivity contribution in [2.75, 3.05) is 13.1 Å². The molecule has 2 aromatic rings. The molecule has 0 aliphatic carbocycles. The van der Waals surface area contributed by atoms with Gasteiger partial charge in [0.05, 0.1) is 17.7 Å². The van der Waals surface area contributed by atoms with Crippen LogP contribution < -0.4 is 5.73 Å². The maximum atomic E-state index is 12.5. The van der Waals surface area contributed by atoms with Gasteiger partial charge in [-0.1, -0.05) is 0 Å². The molecule has 2 aromatic heterocycles. The van der Waals surface area contributed by atoms with Gasteiger partial charge in [0, 0.05) is 30.7 Å². The number of hydrogen-bond acceptors (Lipinski definition) is 4. The number of carbonyl (C=O) groups is 2. The summed E-state index contributed by atoms with van der Waals surface area (Å²) in [6, 6.07) is 2.01. The van der Waals surface area contributed by atoms with Gasteiger partial charge in [-0.05, 0) is 26.3 Å². The minimum Gasteiger partial charge on any atom is -0.369 e. The number of nitrogens with two attached hydrogens (primary N) is 1. The van der Waals surface area contributed by atoms with Crippen molar-refractivity contribution in [1.29, 1.82) is 0 Å². The van der Waals surface area contributed by atoms with Crippen molar-refractivity contribution in [2.45, 2.75) is 26.3 Å². The molecule has 1 atom stereocenters. The zero-order valence-electron chi connectivity index (χ0n) is 12.7. The van der Waals surface area contributed by atoms with Crippen LogP contribution in [0, 0.1) is 5.92 Å². The summed E-state index contributed by atoms with van der Waals surface area (Å²) in [5.74, 6) is -0.707. The molecular weight excluding hydrogens is 282 g/mol. The number of fused-ring (bicyclic) bond motifs is 1. The molecule has 7 nitrogen and oxygen atoms in total. The normalized spacial score (nSPS) is 18.3. The third-order valence-electron chi connectivity index (χ3n) is 4.05. The fourth-order valence-electron chi connectivity index (χ4n) is 2.79. The topological polar surface area (TPSA) is 94.1 Å². The van der Waals surface area contributed by atoms with E-state index in [0.29, 0.717) is 25.1 Å². The molecule has 3 rings (SSSR count). The number of amides is 2. The Balaban J connectivity index is 1.85. The van der Waals surface area contributed by atoms with Crippen LogP contribution in [0.4, 0.5) is 0 Å². The Bertz CT molecular complexity index is 737. The molecule has 2 amide bonds. The van der Waals surface area contributed by atoms with Crippen LogP contribution in [0.15, 0.2) is 18.5 Å². The van der Waals surface area contributed by atoms with Crippen LogP contribution >= 0.6 is 0 Å². The number of hydrogen-bond donors (Lipinski definition) is 1. The van der Waals surface area contributed by atoms with Crippen molar-refractivity contribution in [1.82, 2.24) is 19.7 Å². The van der Waals surface area contributed by atoms with Crippen LogP contribution in [0.1, 0.15) is 36.7 Å². The number of likely N-dealkylation sites (tertiary alicyclic amines) is 1. The summed E-state index contributed by atoms with van der Waals surface area (Å²) in [4.78, 5) is 29.7. The molecule has 116 valence electrons. The van der Waals surface area contributed by atoms with Crippen LogP contribution in [-0.4, -0.2) is 44.6 Å². The van der Waals surface area contributed by atoms with Gasteiger partial charge in [0.1, 0.15) is 0 Å². The molecule has 3 heterocycles. The molecule has 0 saturated carbocycles. The quantitative estimate of drug-likeness (QED) is 0.913. The van der Waals surface area contributed by atoms with Gasteiger partial charge in [-0.25, -0.2) is 9.67 Å². The van der Waals surface area contributed by atoms with Crippen LogP contribution in [-0.2, 0) is 4.79 Å². The Morgan fingerprint density at radius 1 is 1.36 bits per heavy atom. The second kappa shape index (κ2) is 5.40. The van der Waals surface area contributed by atoms with Crippen molar-refractivity contribution in [3.8, 4) is 0 Å². The van der Waals surface area contributed by atoms with Crippen molar-refractivity contribution < 1.29 is 9.59 Å². The van der Waals surface area contributed by atoms with E-state index < -0.39 is 0 Å². The second-order valence-corrected chi connectivity index (χ2v) is 5.96. The first-order valence-corrected chi connectivity index (χ1v) is 7.39. The Labute approximate surface area is 128 Å². The molecular formula is C15H19N5O2. The number of rotatable bonds is 3. The Hall–Kier alpha value is -2.44. The first kappa shape index (κ1) is 14.5. The highest BCUT2D eigenvalue weighted by atomic mass is 16.2. The maximum absolute atomic E-state index is 12.5. The van der Waals surface area contributed by atoms with E-state index >= 15 is 0 Å². The van der Waals surface area contributed by atoms with E-state index in [1.165, 1.54) is 0 Å². The summed E-state index contributed by atoms with van der Waals surface area (Å²) in [5, 5.41) is 5.13. The summed E-state index contributed by atoms with van der Waals surface area (Å²) < 4.78 is 1.82. The number of primary amides is 1. The first-order valence-electron chi connectivity index (χ1n) is 7.39. The summed E-state index contributed by atoms with van der Waals surface area (Å²) in [6.45, 7) is 5.00. The van der Waals surface area contributed by atoms with E-state index in [2.05, 4.69) is 10.1 Å². The Morgan fingerprint density at radius 3 is 2.77 bits per heavy atom. The molecule has 1 unspecified atom stereocenters. The number of nitrogens with zero attached hydrogens (tertiary/aromatic N) is 4. The zero-order chi connectivity index (χ0) is 15.9. The fourth-order valence-corrected chi connectivity index (χ4v) is 2.79. The summed E-state index contributed by atoms with van der Waals surface area (Å²) in [5.41, 5.74) is 6.59. The molecule has 2 N–H and O–H groups in total. The van der Waals surface area contributed by atoms with Crippen LogP contribution in [0.25, 0.3) is 11.0 Å². The summed E-state index contributed by atoms with van der Waals surface area (Å²) in [6.07, 6.45) is 3.92. The lowest BCUT2D eigenvalue weighted by Gasteiger charge is -2.15. The lowest BCUT2D eigenvalue weighted by molar-refractivity contribution is -0.121. The second-order valence-electron chi connectivity index (χ2n) is 5.96. The number of aromatic nitrogens is 3. The van der Waals surface area contributed by atoms with E-state index in [1.807, 2.05) is 18.5 Å². The molecule has 1 aliphatic rings. The third-order valence-corrected chi connectivity index (χ3v) is 4.05. The molecule has 22 heavy (non-hydrogen) atoms. The molecule has 0 spiro atoms. The van der Waals surface area contributed by atoms with Crippen molar-refractivity contribution in [3.63, 3.8) is 0 Å². The summed E-state index contributed by atoms with van der Waals surface area (Å²) in [7, 11) is 0. The van der Waals surface area contributed by atoms with Gasteiger partial charge in [0.25, 0.3) is 5.91 Å². The monoisotopic (exact) mass is 301 g/mol. The van der Waals surface area contributed by atoms with Gasteiger partial charge in [0.15, 0.2) is 5.65 Å². The number of pyridine rings is 1. The van der Waals surface area contributed by atoms with E-state index in [1.54, 1.807) is 23.4 Å². The Morgan fingerprint density at radius 2 is 2.14 bits per heavy atom. The van der Waals surface area contributed by atoms with Crippen molar-refractivity contribution in [2.24, 2.45) is 11.7 Å². The highest BCUT2D eigenvalue weighted by Crippen LogP contribution is 2.21. The van der Waals surface area contributed by atoms with Gasteiger partial charge >= 0.3 is 0 Å². The van der Waals surface area contributed by atoms with Gasteiger partial charge in [-0.2, -0.15) is 5.10 Å². The maximum Gasteiger partial charge on any atom is 0.255 e. The smallest absolute Gasteiger partial charge is 0.255 e. The predicted octanol–water partition coefficient (Wildman–Crippen LogP) is 0.960. The van der Waals surface area contributed by atoms with Gasteiger partial charge in [-0.3, -0.25) is 9.59 Å². The molecule has 0 bridgehead atoms. The van der Waals surface area contributed by atoms with Crippen molar-refractivity contribution in [3.05, 3.63) is 24.0 Å². The van der Waals surface area contributed by atoms with Gasteiger partial charge in [0.2, 0.25) is 5.91 Å². The molecule has 1 aliphatic heterocycles. The fraction of sp³-hybridized carbons (Fsp3) is 0.467. The van der Waals surface area contributed by atoms with Crippen LogP contribution in [0.2, 0.25) is 0 Å². The van der Waals surface area contributed by atoms with Crippen LogP contribution in [0.3, 0.4) is 0 Å². The average Bonchev–Trinajstić information content (AvgIpc) is 3.12. The third kappa shape index (κ3) is 2.43.